The van der Waals surface area contributed by atoms with Crippen LogP contribution < -0.4 is 15.8 Å². The molecule has 2 atom stereocenters. The van der Waals surface area contributed by atoms with E-state index in [2.05, 4.69) is 5.32 Å². The van der Waals surface area contributed by atoms with Gasteiger partial charge in [-0.25, -0.2) is 0 Å². The Morgan fingerprint density at radius 2 is 2.00 bits per heavy atom. The van der Waals surface area contributed by atoms with Gasteiger partial charge in [-0.1, -0.05) is 24.1 Å². The van der Waals surface area contributed by atoms with E-state index in [4.69, 9.17) is 22.1 Å². The number of carbonyl (C=O) groups is 1. The van der Waals surface area contributed by atoms with Crippen LogP contribution in [0.15, 0.2) is 18.2 Å². The van der Waals surface area contributed by atoms with E-state index in [0.29, 0.717) is 35.2 Å². The van der Waals surface area contributed by atoms with Crippen molar-refractivity contribution < 1.29 is 9.53 Å². The molecule has 0 radical (unpaired) electrons. The summed E-state index contributed by atoms with van der Waals surface area (Å²) in [6.07, 6.45) is 5.49. The van der Waals surface area contributed by atoms with Gasteiger partial charge in [-0.15, -0.1) is 12.4 Å². The molecular weight excluding hydrogens is 347 g/mol. The highest BCUT2D eigenvalue weighted by Gasteiger charge is 2.40. The van der Waals surface area contributed by atoms with Crippen LogP contribution in [0.3, 0.4) is 0 Å². The molecule has 2 aliphatic rings. The van der Waals surface area contributed by atoms with Crippen molar-refractivity contribution in [3.05, 3.63) is 28.8 Å². The molecule has 6 heteroatoms. The van der Waals surface area contributed by atoms with Crippen molar-refractivity contribution in [2.24, 2.45) is 23.5 Å². The van der Waals surface area contributed by atoms with Crippen molar-refractivity contribution in [3.8, 4) is 5.75 Å². The lowest BCUT2D eigenvalue weighted by Gasteiger charge is -2.43. The molecule has 2 fully saturated rings. The predicted octanol–water partition coefficient (Wildman–Crippen LogP) is 3.54. The summed E-state index contributed by atoms with van der Waals surface area (Å²) in [5.74, 6) is 1.96. The monoisotopic (exact) mass is 372 g/mol. The number of nitrogens with two attached hydrogens (primary N) is 1. The van der Waals surface area contributed by atoms with Gasteiger partial charge in [0.25, 0.3) is 0 Å². The Labute approximate surface area is 154 Å². The van der Waals surface area contributed by atoms with Gasteiger partial charge in [0.1, 0.15) is 5.75 Å². The molecular formula is C18H26Cl2N2O2. The molecule has 3 rings (SSSR count). The third-order valence-electron chi connectivity index (χ3n) is 5.47. The summed E-state index contributed by atoms with van der Waals surface area (Å²) in [7, 11) is 1.59. The van der Waals surface area contributed by atoms with E-state index in [1.54, 1.807) is 7.11 Å². The molecule has 1 aromatic rings. The second-order valence-electron chi connectivity index (χ2n) is 6.88. The van der Waals surface area contributed by atoms with Crippen molar-refractivity contribution in [1.82, 2.24) is 5.32 Å². The zero-order valence-electron chi connectivity index (χ0n) is 14.0. The van der Waals surface area contributed by atoms with E-state index in [1.807, 2.05) is 18.2 Å². The van der Waals surface area contributed by atoms with Crippen molar-refractivity contribution in [3.63, 3.8) is 0 Å². The Morgan fingerprint density at radius 3 is 2.58 bits per heavy atom. The Bertz CT molecular complexity index is 568. The Hall–Kier alpha value is -0.970. The van der Waals surface area contributed by atoms with Gasteiger partial charge in [-0.05, 0) is 55.2 Å². The summed E-state index contributed by atoms with van der Waals surface area (Å²) >= 11 is 6.12. The van der Waals surface area contributed by atoms with Gasteiger partial charge >= 0.3 is 0 Å². The smallest absolute Gasteiger partial charge is 0.223 e. The van der Waals surface area contributed by atoms with Gasteiger partial charge in [0.2, 0.25) is 5.91 Å². The van der Waals surface area contributed by atoms with Gasteiger partial charge in [-0.2, -0.15) is 0 Å². The van der Waals surface area contributed by atoms with E-state index >= 15 is 0 Å². The first-order valence-electron chi connectivity index (χ1n) is 8.44. The molecule has 0 spiro atoms. The molecule has 24 heavy (non-hydrogen) atoms. The highest BCUT2D eigenvalue weighted by Crippen LogP contribution is 2.41. The fourth-order valence-corrected chi connectivity index (χ4v) is 4.44. The molecule has 0 aliphatic heterocycles. The zero-order valence-corrected chi connectivity index (χ0v) is 15.5. The lowest BCUT2D eigenvalue weighted by atomic mass is 9.65. The summed E-state index contributed by atoms with van der Waals surface area (Å²) in [6, 6.07) is 5.89. The molecule has 0 saturated heterocycles. The quantitative estimate of drug-likeness (QED) is 0.849. The summed E-state index contributed by atoms with van der Waals surface area (Å²) in [6.45, 7) is 0.500. The molecule has 134 valence electrons. The number of hydrogen-bond donors (Lipinski definition) is 2. The summed E-state index contributed by atoms with van der Waals surface area (Å²) in [5.41, 5.74) is 7.28. The van der Waals surface area contributed by atoms with Crippen LogP contribution in [0.2, 0.25) is 5.02 Å². The van der Waals surface area contributed by atoms with E-state index in [1.165, 1.54) is 19.3 Å². The molecule has 0 heterocycles. The van der Waals surface area contributed by atoms with Crippen LogP contribution in [0.1, 0.15) is 37.7 Å². The van der Waals surface area contributed by atoms with Crippen LogP contribution in [-0.4, -0.2) is 19.1 Å². The fourth-order valence-electron chi connectivity index (χ4n) is 4.16. The number of benzene rings is 1. The van der Waals surface area contributed by atoms with Crippen LogP contribution in [0.4, 0.5) is 0 Å². The van der Waals surface area contributed by atoms with Gasteiger partial charge < -0.3 is 15.8 Å². The number of ether oxygens (including phenoxy) is 1. The number of methoxy groups -OCH3 is 1. The van der Waals surface area contributed by atoms with Crippen LogP contribution >= 0.6 is 24.0 Å². The third-order valence-corrected chi connectivity index (χ3v) is 5.76. The number of carbonyl (C=O) groups excluding carboxylic acids is 1. The summed E-state index contributed by atoms with van der Waals surface area (Å²) in [5, 5.41) is 3.63. The Balaban J connectivity index is 0.00000208. The van der Waals surface area contributed by atoms with Crippen LogP contribution in [0, 0.1) is 17.8 Å². The first-order valence-corrected chi connectivity index (χ1v) is 8.82. The first kappa shape index (κ1) is 19.4. The van der Waals surface area contributed by atoms with E-state index in [0.717, 1.165) is 18.4 Å². The first-order chi connectivity index (χ1) is 11.1. The number of fused-ring (bicyclic) bond motifs is 2. The van der Waals surface area contributed by atoms with Crippen molar-refractivity contribution in [1.29, 1.82) is 0 Å². The second-order valence-corrected chi connectivity index (χ2v) is 7.29. The molecule has 2 aliphatic carbocycles. The van der Waals surface area contributed by atoms with Gasteiger partial charge in [0.05, 0.1) is 12.1 Å². The minimum Gasteiger partial charge on any atom is -0.495 e. The molecule has 0 aromatic heterocycles. The average Bonchev–Trinajstić information content (AvgIpc) is 2.52. The topological polar surface area (TPSA) is 64.3 Å². The molecule has 2 saturated carbocycles. The lowest BCUT2D eigenvalue weighted by Crippen LogP contribution is -2.49. The molecule has 3 N–H and O–H groups in total. The van der Waals surface area contributed by atoms with E-state index < -0.39 is 0 Å². The minimum atomic E-state index is 0. The lowest BCUT2D eigenvalue weighted by molar-refractivity contribution is -0.128. The summed E-state index contributed by atoms with van der Waals surface area (Å²) < 4.78 is 5.14. The van der Waals surface area contributed by atoms with E-state index in [-0.39, 0.29) is 24.2 Å². The van der Waals surface area contributed by atoms with Crippen molar-refractivity contribution >= 4 is 29.9 Å². The number of amides is 1. The highest BCUT2D eigenvalue weighted by molar-refractivity contribution is 6.32. The number of hydrogen-bond acceptors (Lipinski definition) is 3. The summed E-state index contributed by atoms with van der Waals surface area (Å²) in [4.78, 5) is 12.5. The fraction of sp³-hybridized carbons (Fsp3) is 0.611. The van der Waals surface area contributed by atoms with Crippen molar-refractivity contribution in [2.75, 3.05) is 7.11 Å². The van der Waals surface area contributed by atoms with Gasteiger partial charge in [0, 0.05) is 18.5 Å². The molecule has 2 bridgehead atoms. The standard InChI is InChI=1S/C18H25ClN2O2.ClH/c1-23-16-6-5-11(7-15(16)19)10-21-18(22)14-8-12-3-2-4-13(9-14)17(12)20;/h5-7,12-14,17H,2-4,8-10,20H2,1H3,(H,21,22);1H. The third kappa shape index (κ3) is 4.16. The predicted molar refractivity (Wildman–Crippen MR) is 98.6 cm³/mol. The Morgan fingerprint density at radius 1 is 1.33 bits per heavy atom. The molecule has 4 nitrogen and oxygen atoms in total. The maximum Gasteiger partial charge on any atom is 0.223 e. The van der Waals surface area contributed by atoms with Crippen LogP contribution in [0.25, 0.3) is 0 Å². The van der Waals surface area contributed by atoms with Crippen LogP contribution in [0.5, 0.6) is 5.75 Å². The Kier molecular flexibility index (Phi) is 6.79. The van der Waals surface area contributed by atoms with E-state index in [9.17, 15) is 4.79 Å². The SMILES string of the molecule is COc1ccc(CNC(=O)C2CC3CCCC(C2)C3N)cc1Cl.Cl. The average molecular weight is 373 g/mol. The van der Waals surface area contributed by atoms with Crippen molar-refractivity contribution in [2.45, 2.75) is 44.7 Å². The number of rotatable bonds is 4. The van der Waals surface area contributed by atoms with Gasteiger partial charge in [0.15, 0.2) is 0 Å². The molecule has 2 unspecified atom stereocenters. The zero-order chi connectivity index (χ0) is 16.4. The molecule has 1 amide bonds. The maximum absolute atomic E-state index is 12.5. The normalized spacial score (nSPS) is 28.6. The van der Waals surface area contributed by atoms with Crippen LogP contribution in [-0.2, 0) is 11.3 Å². The highest BCUT2D eigenvalue weighted by atomic mass is 35.5. The van der Waals surface area contributed by atoms with Gasteiger partial charge in [-0.3, -0.25) is 4.79 Å². The minimum absolute atomic E-state index is 0. The molecule has 1 aromatic carbocycles. The largest absolute Gasteiger partial charge is 0.495 e. The number of nitrogens with one attached hydrogen (secondary N) is 1. The number of halogens is 2. The maximum atomic E-state index is 12.5. The second kappa shape index (κ2) is 8.41.